The van der Waals surface area contributed by atoms with Crippen LogP contribution in [-0.2, 0) is 0 Å². The zero-order chi connectivity index (χ0) is 26.5. The van der Waals surface area contributed by atoms with E-state index in [0.717, 1.165) is 0 Å². The van der Waals surface area contributed by atoms with E-state index in [1.54, 1.807) is 0 Å². The van der Waals surface area contributed by atoms with Gasteiger partial charge < -0.3 is 0 Å². The molecule has 0 spiro atoms. The highest BCUT2D eigenvalue weighted by Crippen LogP contribution is 2.47. The Hall–Kier alpha value is -5.20. The first-order chi connectivity index (χ1) is 19.9. The zero-order valence-corrected chi connectivity index (χ0v) is 22.0. The molecule has 0 nitrogen and oxygen atoms in total. The third-order valence-corrected chi connectivity index (χ3v) is 8.24. The van der Waals surface area contributed by atoms with Crippen molar-refractivity contribution in [2.75, 3.05) is 0 Å². The summed E-state index contributed by atoms with van der Waals surface area (Å²) in [5, 5.41) is 10.3. The monoisotopic (exact) mass is 506 g/mol. The summed E-state index contributed by atoms with van der Waals surface area (Å²) in [6.07, 6.45) is 0. The molecular formula is C40H26. The molecule has 0 saturated carbocycles. The SMILES string of the molecule is c1ccc(-c2ccc3ccc4c(ccc5c(-c6ccccc6)c6ccccc6c(-c6ccccc6)c54)c3c2)cc1. The summed E-state index contributed by atoms with van der Waals surface area (Å²) < 4.78 is 0. The van der Waals surface area contributed by atoms with Crippen LogP contribution in [0.25, 0.3) is 76.5 Å². The molecule has 0 aromatic heterocycles. The van der Waals surface area contributed by atoms with E-state index in [-0.39, 0.29) is 0 Å². The van der Waals surface area contributed by atoms with E-state index in [4.69, 9.17) is 0 Å². The van der Waals surface area contributed by atoms with Gasteiger partial charge in [-0.25, -0.2) is 0 Å². The normalized spacial score (nSPS) is 11.5. The molecule has 8 aromatic carbocycles. The Morgan fingerprint density at radius 3 is 1.43 bits per heavy atom. The molecule has 0 aliphatic heterocycles. The van der Waals surface area contributed by atoms with Gasteiger partial charge >= 0.3 is 0 Å². The zero-order valence-electron chi connectivity index (χ0n) is 22.0. The molecule has 0 unspecified atom stereocenters. The van der Waals surface area contributed by atoms with Crippen LogP contribution in [0.3, 0.4) is 0 Å². The Morgan fingerprint density at radius 2 is 0.750 bits per heavy atom. The Balaban J connectivity index is 1.57. The van der Waals surface area contributed by atoms with Crippen LogP contribution in [0.5, 0.6) is 0 Å². The Labute approximate surface area is 233 Å². The van der Waals surface area contributed by atoms with Crippen molar-refractivity contribution < 1.29 is 0 Å². The fraction of sp³-hybridized carbons (Fsp3) is 0. The highest BCUT2D eigenvalue weighted by molar-refractivity contribution is 6.30. The molecule has 8 rings (SSSR count). The van der Waals surface area contributed by atoms with Gasteiger partial charge in [0.1, 0.15) is 0 Å². The van der Waals surface area contributed by atoms with Gasteiger partial charge in [-0.2, -0.15) is 0 Å². The maximum absolute atomic E-state index is 2.36. The minimum Gasteiger partial charge on any atom is -0.0622 e. The summed E-state index contributed by atoms with van der Waals surface area (Å²) in [5.74, 6) is 0. The van der Waals surface area contributed by atoms with Crippen molar-refractivity contribution in [2.24, 2.45) is 0 Å². The van der Waals surface area contributed by atoms with Crippen molar-refractivity contribution in [1.82, 2.24) is 0 Å². The largest absolute Gasteiger partial charge is 0.0622 e. The smallest absolute Gasteiger partial charge is 0.00139 e. The number of hydrogen-bond donors (Lipinski definition) is 0. The second-order valence-electron chi connectivity index (χ2n) is 10.5. The Bertz CT molecular complexity index is 2170. The summed E-state index contributed by atoms with van der Waals surface area (Å²) in [6.45, 7) is 0. The van der Waals surface area contributed by atoms with Gasteiger partial charge in [0.2, 0.25) is 0 Å². The minimum atomic E-state index is 1.24. The average Bonchev–Trinajstić information content (AvgIpc) is 3.04. The van der Waals surface area contributed by atoms with E-state index in [1.165, 1.54) is 76.5 Å². The summed E-state index contributed by atoms with van der Waals surface area (Å²) >= 11 is 0. The van der Waals surface area contributed by atoms with Crippen molar-refractivity contribution in [1.29, 1.82) is 0 Å². The molecule has 0 atom stereocenters. The van der Waals surface area contributed by atoms with Gasteiger partial charge in [0, 0.05) is 0 Å². The van der Waals surface area contributed by atoms with Crippen LogP contribution >= 0.6 is 0 Å². The molecule has 0 bridgehead atoms. The van der Waals surface area contributed by atoms with Gasteiger partial charge in [0.15, 0.2) is 0 Å². The van der Waals surface area contributed by atoms with Gasteiger partial charge in [-0.3, -0.25) is 0 Å². The van der Waals surface area contributed by atoms with E-state index in [0.29, 0.717) is 0 Å². The van der Waals surface area contributed by atoms with Gasteiger partial charge in [-0.05, 0) is 82.5 Å². The fourth-order valence-electron chi connectivity index (χ4n) is 6.44. The lowest BCUT2D eigenvalue weighted by atomic mass is 9.83. The van der Waals surface area contributed by atoms with Crippen LogP contribution in [0, 0.1) is 0 Å². The molecule has 0 heterocycles. The van der Waals surface area contributed by atoms with Gasteiger partial charge in [0.25, 0.3) is 0 Å². The molecule has 0 radical (unpaired) electrons. The molecule has 0 heteroatoms. The molecule has 40 heavy (non-hydrogen) atoms. The molecular weight excluding hydrogens is 480 g/mol. The van der Waals surface area contributed by atoms with E-state index < -0.39 is 0 Å². The van der Waals surface area contributed by atoms with Crippen LogP contribution in [-0.4, -0.2) is 0 Å². The molecule has 0 amide bonds. The van der Waals surface area contributed by atoms with Crippen LogP contribution in [0.15, 0.2) is 158 Å². The Morgan fingerprint density at radius 1 is 0.250 bits per heavy atom. The summed E-state index contributed by atoms with van der Waals surface area (Å²) in [4.78, 5) is 0. The maximum atomic E-state index is 2.36. The number of hydrogen-bond acceptors (Lipinski definition) is 0. The van der Waals surface area contributed by atoms with Crippen molar-refractivity contribution in [2.45, 2.75) is 0 Å². The maximum Gasteiger partial charge on any atom is -0.00139 e. The van der Waals surface area contributed by atoms with Crippen LogP contribution in [0.1, 0.15) is 0 Å². The first-order valence-corrected chi connectivity index (χ1v) is 13.9. The molecule has 186 valence electrons. The third-order valence-electron chi connectivity index (χ3n) is 8.24. The number of rotatable bonds is 3. The van der Waals surface area contributed by atoms with Gasteiger partial charge in [0.05, 0.1) is 0 Å². The number of benzene rings is 8. The Kier molecular flexibility index (Phi) is 5.24. The first-order valence-electron chi connectivity index (χ1n) is 13.9. The summed E-state index contributed by atoms with van der Waals surface area (Å²) in [6, 6.07) is 57.5. The highest BCUT2D eigenvalue weighted by Gasteiger charge is 2.19. The topological polar surface area (TPSA) is 0 Å². The van der Waals surface area contributed by atoms with Crippen LogP contribution in [0.4, 0.5) is 0 Å². The van der Waals surface area contributed by atoms with Crippen LogP contribution < -0.4 is 0 Å². The van der Waals surface area contributed by atoms with E-state index in [1.807, 2.05) is 0 Å². The van der Waals surface area contributed by atoms with E-state index in [9.17, 15) is 0 Å². The lowest BCUT2D eigenvalue weighted by Gasteiger charge is -2.20. The molecule has 0 aliphatic rings. The van der Waals surface area contributed by atoms with E-state index >= 15 is 0 Å². The van der Waals surface area contributed by atoms with Crippen LogP contribution in [0.2, 0.25) is 0 Å². The molecule has 8 aromatic rings. The van der Waals surface area contributed by atoms with Gasteiger partial charge in [-0.1, -0.05) is 152 Å². The minimum absolute atomic E-state index is 1.24. The first kappa shape index (κ1) is 22.8. The molecule has 0 N–H and O–H groups in total. The molecule has 0 fully saturated rings. The lowest BCUT2D eigenvalue weighted by molar-refractivity contribution is 1.65. The van der Waals surface area contributed by atoms with Crippen molar-refractivity contribution in [3.63, 3.8) is 0 Å². The molecule has 0 aliphatic carbocycles. The second-order valence-corrected chi connectivity index (χ2v) is 10.5. The predicted octanol–water partition coefficient (Wildman–Crippen LogP) is 11.3. The average molecular weight is 507 g/mol. The van der Waals surface area contributed by atoms with Crippen molar-refractivity contribution >= 4 is 43.1 Å². The van der Waals surface area contributed by atoms with Crippen molar-refractivity contribution in [3.8, 4) is 33.4 Å². The fourth-order valence-corrected chi connectivity index (χ4v) is 6.44. The predicted molar refractivity (Wildman–Crippen MR) is 173 cm³/mol. The van der Waals surface area contributed by atoms with Crippen molar-refractivity contribution in [3.05, 3.63) is 158 Å². The van der Waals surface area contributed by atoms with E-state index in [2.05, 4.69) is 158 Å². The summed E-state index contributed by atoms with van der Waals surface area (Å²) in [7, 11) is 0. The second kappa shape index (κ2) is 9.22. The summed E-state index contributed by atoms with van der Waals surface area (Å²) in [5.41, 5.74) is 7.57. The molecule has 0 saturated heterocycles. The third kappa shape index (κ3) is 3.54. The number of fused-ring (bicyclic) bond motifs is 6. The highest BCUT2D eigenvalue weighted by atomic mass is 14.2. The standard InChI is InChI=1S/C40H26/c1-4-12-27(13-5-1)31-21-20-28-22-23-35-32(37(28)26-31)24-25-36-38(29-14-6-2-7-15-29)33-18-10-11-19-34(33)39(40(35)36)30-16-8-3-9-17-30/h1-26H. The van der Waals surface area contributed by atoms with Gasteiger partial charge in [-0.15, -0.1) is 0 Å². The quantitative estimate of drug-likeness (QED) is 0.165. The lowest BCUT2D eigenvalue weighted by Crippen LogP contribution is -1.92.